The van der Waals surface area contributed by atoms with Gasteiger partial charge in [0.05, 0.1) is 10.6 Å². The van der Waals surface area contributed by atoms with E-state index in [1.165, 1.54) is 0 Å². The van der Waals surface area contributed by atoms with Crippen LogP contribution in [0.1, 0.15) is 25.7 Å². The molecule has 0 aromatic carbocycles. The minimum Gasteiger partial charge on any atom is -0.388 e. The first-order chi connectivity index (χ1) is 7.20. The molecule has 0 saturated heterocycles. The van der Waals surface area contributed by atoms with Gasteiger partial charge in [-0.25, -0.2) is 4.98 Å². The highest BCUT2D eigenvalue weighted by Crippen LogP contribution is 2.30. The van der Waals surface area contributed by atoms with Crippen LogP contribution in [0.3, 0.4) is 0 Å². The molecule has 0 atom stereocenters. The van der Waals surface area contributed by atoms with Crippen LogP contribution < -0.4 is 5.32 Å². The van der Waals surface area contributed by atoms with E-state index in [4.69, 9.17) is 11.6 Å². The Morgan fingerprint density at radius 3 is 2.87 bits per heavy atom. The average Bonchev–Trinajstić information content (AvgIpc) is 2.65. The molecule has 4 heteroatoms. The monoisotopic (exact) mass is 226 g/mol. The minimum absolute atomic E-state index is 0.531. The van der Waals surface area contributed by atoms with Gasteiger partial charge in [-0.05, 0) is 25.0 Å². The Labute approximate surface area is 94.5 Å². The van der Waals surface area contributed by atoms with E-state index in [2.05, 4.69) is 10.3 Å². The second-order valence-electron chi connectivity index (χ2n) is 4.12. The number of aromatic nitrogens is 1. The van der Waals surface area contributed by atoms with Crippen molar-refractivity contribution in [2.75, 3.05) is 11.9 Å². The van der Waals surface area contributed by atoms with Crippen LogP contribution in [0, 0.1) is 0 Å². The van der Waals surface area contributed by atoms with Crippen LogP contribution in [-0.4, -0.2) is 22.2 Å². The topological polar surface area (TPSA) is 45.1 Å². The Bertz CT molecular complexity index is 337. The Kier molecular flexibility index (Phi) is 3.12. The van der Waals surface area contributed by atoms with E-state index in [9.17, 15) is 5.11 Å². The molecule has 0 unspecified atom stereocenters. The lowest BCUT2D eigenvalue weighted by Crippen LogP contribution is -2.33. The first-order valence-corrected chi connectivity index (χ1v) is 5.64. The molecule has 1 aliphatic rings. The van der Waals surface area contributed by atoms with Crippen molar-refractivity contribution in [3.63, 3.8) is 0 Å². The summed E-state index contributed by atoms with van der Waals surface area (Å²) in [7, 11) is 0. The van der Waals surface area contributed by atoms with Gasteiger partial charge in [0, 0.05) is 12.7 Å². The van der Waals surface area contributed by atoms with Crippen molar-refractivity contribution in [3.05, 3.63) is 23.4 Å². The number of hydrogen-bond acceptors (Lipinski definition) is 3. The summed E-state index contributed by atoms with van der Waals surface area (Å²) in [6.07, 6.45) is 5.63. The van der Waals surface area contributed by atoms with Crippen molar-refractivity contribution in [2.24, 2.45) is 0 Å². The van der Waals surface area contributed by atoms with E-state index < -0.39 is 5.60 Å². The van der Waals surface area contributed by atoms with Crippen molar-refractivity contribution in [3.8, 4) is 0 Å². The molecule has 1 saturated carbocycles. The highest BCUT2D eigenvalue weighted by Gasteiger charge is 2.30. The third-order valence-corrected chi connectivity index (χ3v) is 3.18. The van der Waals surface area contributed by atoms with E-state index >= 15 is 0 Å². The van der Waals surface area contributed by atoms with E-state index in [0.717, 1.165) is 25.7 Å². The highest BCUT2D eigenvalue weighted by molar-refractivity contribution is 6.32. The SMILES string of the molecule is OC1(CNc2ncccc2Cl)CCCC1. The third kappa shape index (κ3) is 2.61. The van der Waals surface area contributed by atoms with Gasteiger partial charge in [-0.1, -0.05) is 24.4 Å². The molecule has 0 aliphatic heterocycles. The quantitative estimate of drug-likeness (QED) is 0.832. The third-order valence-electron chi connectivity index (χ3n) is 2.88. The molecule has 0 bridgehead atoms. The molecule has 1 aromatic rings. The summed E-state index contributed by atoms with van der Waals surface area (Å²) in [5, 5.41) is 13.8. The average molecular weight is 227 g/mol. The zero-order valence-corrected chi connectivity index (χ0v) is 9.30. The summed E-state index contributed by atoms with van der Waals surface area (Å²) in [5.41, 5.74) is -0.569. The van der Waals surface area contributed by atoms with Gasteiger partial charge in [0.15, 0.2) is 0 Å². The Morgan fingerprint density at radius 2 is 2.20 bits per heavy atom. The maximum Gasteiger partial charge on any atom is 0.144 e. The fourth-order valence-electron chi connectivity index (χ4n) is 1.97. The summed E-state index contributed by atoms with van der Waals surface area (Å²) in [6.45, 7) is 0.531. The predicted octanol–water partition coefficient (Wildman–Crippen LogP) is 2.45. The van der Waals surface area contributed by atoms with Gasteiger partial charge in [0.25, 0.3) is 0 Å². The van der Waals surface area contributed by atoms with Crippen LogP contribution in [0.2, 0.25) is 5.02 Å². The molecule has 2 rings (SSSR count). The molecule has 1 aliphatic carbocycles. The minimum atomic E-state index is -0.569. The molecule has 2 N–H and O–H groups in total. The van der Waals surface area contributed by atoms with Crippen molar-refractivity contribution >= 4 is 17.4 Å². The van der Waals surface area contributed by atoms with E-state index in [1.807, 2.05) is 0 Å². The Morgan fingerprint density at radius 1 is 1.47 bits per heavy atom. The van der Waals surface area contributed by atoms with Gasteiger partial charge >= 0.3 is 0 Å². The number of anilines is 1. The largest absolute Gasteiger partial charge is 0.388 e. The van der Waals surface area contributed by atoms with Gasteiger partial charge < -0.3 is 10.4 Å². The number of halogens is 1. The van der Waals surface area contributed by atoms with Gasteiger partial charge in [-0.2, -0.15) is 0 Å². The summed E-state index contributed by atoms with van der Waals surface area (Å²) in [4.78, 5) is 4.12. The second kappa shape index (κ2) is 4.37. The van der Waals surface area contributed by atoms with Crippen LogP contribution in [0.5, 0.6) is 0 Å². The fraction of sp³-hybridized carbons (Fsp3) is 0.545. The van der Waals surface area contributed by atoms with E-state index in [-0.39, 0.29) is 0 Å². The molecule has 0 radical (unpaired) electrons. The van der Waals surface area contributed by atoms with Gasteiger partial charge in [0.1, 0.15) is 5.82 Å². The van der Waals surface area contributed by atoms with E-state index in [0.29, 0.717) is 17.4 Å². The van der Waals surface area contributed by atoms with Gasteiger partial charge in [-0.15, -0.1) is 0 Å². The number of rotatable bonds is 3. The van der Waals surface area contributed by atoms with Crippen molar-refractivity contribution < 1.29 is 5.11 Å². The molecule has 1 fully saturated rings. The highest BCUT2D eigenvalue weighted by atomic mass is 35.5. The molecule has 3 nitrogen and oxygen atoms in total. The van der Waals surface area contributed by atoms with Gasteiger partial charge in [-0.3, -0.25) is 0 Å². The van der Waals surface area contributed by atoms with Crippen molar-refractivity contribution in [2.45, 2.75) is 31.3 Å². The van der Waals surface area contributed by atoms with Crippen LogP contribution in [-0.2, 0) is 0 Å². The summed E-state index contributed by atoms with van der Waals surface area (Å²) < 4.78 is 0. The number of pyridine rings is 1. The smallest absolute Gasteiger partial charge is 0.144 e. The summed E-state index contributed by atoms with van der Waals surface area (Å²) in [5.74, 6) is 0.652. The maximum atomic E-state index is 10.1. The Hall–Kier alpha value is -0.800. The fourth-order valence-corrected chi connectivity index (χ4v) is 2.16. The zero-order valence-electron chi connectivity index (χ0n) is 8.54. The standard InChI is InChI=1S/C11H15ClN2O/c12-9-4-3-7-13-10(9)14-8-11(15)5-1-2-6-11/h3-4,7,15H,1-2,5-6,8H2,(H,13,14). The second-order valence-corrected chi connectivity index (χ2v) is 4.53. The molecule has 1 aromatic heterocycles. The molecule has 1 heterocycles. The molecule has 82 valence electrons. The summed E-state index contributed by atoms with van der Waals surface area (Å²) in [6, 6.07) is 3.58. The van der Waals surface area contributed by atoms with Crippen LogP contribution >= 0.6 is 11.6 Å². The Balaban J connectivity index is 1.95. The normalized spacial score (nSPS) is 19.1. The van der Waals surface area contributed by atoms with Gasteiger partial charge in [0.2, 0.25) is 0 Å². The first kappa shape index (κ1) is 10.7. The molecular formula is C11H15ClN2O. The van der Waals surface area contributed by atoms with Crippen molar-refractivity contribution in [1.82, 2.24) is 4.98 Å². The van der Waals surface area contributed by atoms with Crippen LogP contribution in [0.4, 0.5) is 5.82 Å². The zero-order chi connectivity index (χ0) is 10.7. The van der Waals surface area contributed by atoms with E-state index in [1.54, 1.807) is 18.3 Å². The number of aliphatic hydroxyl groups is 1. The lowest BCUT2D eigenvalue weighted by molar-refractivity contribution is 0.0614. The lowest BCUT2D eigenvalue weighted by atomic mass is 10.0. The maximum absolute atomic E-state index is 10.1. The van der Waals surface area contributed by atoms with Crippen molar-refractivity contribution in [1.29, 1.82) is 0 Å². The van der Waals surface area contributed by atoms with Crippen LogP contribution in [0.25, 0.3) is 0 Å². The predicted molar refractivity (Wildman–Crippen MR) is 61.2 cm³/mol. The van der Waals surface area contributed by atoms with Crippen LogP contribution in [0.15, 0.2) is 18.3 Å². The molecule has 0 spiro atoms. The summed E-state index contributed by atoms with van der Waals surface area (Å²) >= 11 is 5.95. The number of nitrogens with zero attached hydrogens (tertiary/aromatic N) is 1. The first-order valence-electron chi connectivity index (χ1n) is 5.26. The molecule has 15 heavy (non-hydrogen) atoms. The molecular weight excluding hydrogens is 212 g/mol. The number of hydrogen-bond donors (Lipinski definition) is 2. The lowest BCUT2D eigenvalue weighted by Gasteiger charge is -2.22. The molecule has 0 amide bonds. The number of nitrogens with one attached hydrogen (secondary N) is 1.